The number of piperidine rings is 1. The SMILES string of the molecule is CN(CCC1CCCCN1C)c1nc2ccccc2c(=O)[nH]1. The Balaban J connectivity index is 1.72. The summed E-state index contributed by atoms with van der Waals surface area (Å²) in [6.07, 6.45) is 5.00. The number of rotatable bonds is 4. The van der Waals surface area contributed by atoms with E-state index in [1.165, 1.54) is 25.8 Å². The van der Waals surface area contributed by atoms with Crippen LogP contribution in [0.1, 0.15) is 25.7 Å². The Kier molecular flexibility index (Phi) is 4.43. The first-order valence-electron chi connectivity index (χ1n) is 8.05. The number of fused-ring (bicyclic) bond motifs is 1. The average molecular weight is 300 g/mol. The van der Waals surface area contributed by atoms with Gasteiger partial charge in [0, 0.05) is 19.6 Å². The van der Waals surface area contributed by atoms with Crippen molar-refractivity contribution in [2.24, 2.45) is 0 Å². The van der Waals surface area contributed by atoms with E-state index in [0.29, 0.717) is 17.4 Å². The molecule has 3 rings (SSSR count). The van der Waals surface area contributed by atoms with Gasteiger partial charge in [0.15, 0.2) is 0 Å². The standard InChI is InChI=1S/C17H24N4O/c1-20-11-6-5-7-13(20)10-12-21(2)17-18-15-9-4-3-8-14(15)16(22)19-17/h3-4,8-9,13H,5-7,10-12H2,1-2H3,(H,18,19,22). The number of nitrogens with one attached hydrogen (secondary N) is 1. The van der Waals surface area contributed by atoms with Crippen LogP contribution in [0.4, 0.5) is 5.95 Å². The lowest BCUT2D eigenvalue weighted by atomic mass is 10.00. The predicted octanol–water partition coefficient (Wildman–Crippen LogP) is 2.23. The van der Waals surface area contributed by atoms with Crippen molar-refractivity contribution in [3.63, 3.8) is 0 Å². The summed E-state index contributed by atoms with van der Waals surface area (Å²) in [4.78, 5) is 24.1. The van der Waals surface area contributed by atoms with Gasteiger partial charge in [0.25, 0.3) is 5.56 Å². The summed E-state index contributed by atoms with van der Waals surface area (Å²) in [7, 11) is 4.20. The van der Waals surface area contributed by atoms with Gasteiger partial charge >= 0.3 is 0 Å². The lowest BCUT2D eigenvalue weighted by Crippen LogP contribution is -2.38. The molecule has 118 valence electrons. The molecule has 2 heterocycles. The summed E-state index contributed by atoms with van der Waals surface area (Å²) in [5.74, 6) is 0.655. The Hall–Kier alpha value is -1.88. The first kappa shape index (κ1) is 15.0. The molecule has 1 fully saturated rings. The Morgan fingerprint density at radius 2 is 2.18 bits per heavy atom. The molecule has 0 amide bonds. The highest BCUT2D eigenvalue weighted by Gasteiger charge is 2.19. The molecule has 0 radical (unpaired) electrons. The molecule has 1 aliphatic rings. The first-order valence-corrected chi connectivity index (χ1v) is 8.05. The van der Waals surface area contributed by atoms with E-state index in [0.717, 1.165) is 18.5 Å². The largest absolute Gasteiger partial charge is 0.345 e. The van der Waals surface area contributed by atoms with Crippen LogP contribution in [0, 0.1) is 0 Å². The molecular weight excluding hydrogens is 276 g/mol. The Morgan fingerprint density at radius 1 is 1.36 bits per heavy atom. The van der Waals surface area contributed by atoms with E-state index in [1.54, 1.807) is 0 Å². The molecule has 0 aliphatic carbocycles. The fourth-order valence-electron chi connectivity index (χ4n) is 3.21. The number of aromatic amines is 1. The number of nitrogens with zero attached hydrogens (tertiary/aromatic N) is 3. The van der Waals surface area contributed by atoms with Gasteiger partial charge in [-0.2, -0.15) is 0 Å². The second-order valence-electron chi connectivity index (χ2n) is 6.25. The Bertz CT molecular complexity index is 696. The van der Waals surface area contributed by atoms with E-state index in [4.69, 9.17) is 0 Å². The molecule has 1 atom stereocenters. The maximum absolute atomic E-state index is 12.1. The molecule has 0 spiro atoms. The lowest BCUT2D eigenvalue weighted by molar-refractivity contribution is 0.178. The fourth-order valence-corrected chi connectivity index (χ4v) is 3.21. The van der Waals surface area contributed by atoms with Gasteiger partial charge in [-0.1, -0.05) is 18.6 Å². The third-order valence-corrected chi connectivity index (χ3v) is 4.68. The molecular formula is C17H24N4O. The second kappa shape index (κ2) is 6.48. The van der Waals surface area contributed by atoms with Crippen molar-refractivity contribution < 1.29 is 0 Å². The number of para-hydroxylation sites is 1. The number of aromatic nitrogens is 2. The number of anilines is 1. The van der Waals surface area contributed by atoms with E-state index < -0.39 is 0 Å². The van der Waals surface area contributed by atoms with Crippen LogP contribution >= 0.6 is 0 Å². The summed E-state index contributed by atoms with van der Waals surface area (Å²) in [6, 6.07) is 8.11. The highest BCUT2D eigenvalue weighted by atomic mass is 16.1. The van der Waals surface area contributed by atoms with Crippen LogP contribution < -0.4 is 10.5 Å². The molecule has 1 aromatic carbocycles. The van der Waals surface area contributed by atoms with Crippen LogP contribution in [0.25, 0.3) is 10.9 Å². The summed E-state index contributed by atoms with van der Waals surface area (Å²) >= 11 is 0. The van der Waals surface area contributed by atoms with Gasteiger partial charge in [-0.3, -0.25) is 9.78 Å². The molecule has 1 aliphatic heterocycles. The summed E-state index contributed by atoms with van der Waals surface area (Å²) in [6.45, 7) is 2.09. The highest BCUT2D eigenvalue weighted by molar-refractivity contribution is 5.78. The molecule has 0 bridgehead atoms. The van der Waals surface area contributed by atoms with Gasteiger partial charge in [0.2, 0.25) is 5.95 Å². The zero-order valence-electron chi connectivity index (χ0n) is 13.4. The maximum atomic E-state index is 12.1. The van der Waals surface area contributed by atoms with E-state index in [2.05, 4.69) is 26.8 Å². The fraction of sp³-hybridized carbons (Fsp3) is 0.529. The van der Waals surface area contributed by atoms with Crippen molar-refractivity contribution in [1.29, 1.82) is 0 Å². The molecule has 2 aromatic rings. The van der Waals surface area contributed by atoms with Crippen molar-refractivity contribution in [2.45, 2.75) is 31.7 Å². The van der Waals surface area contributed by atoms with E-state index in [9.17, 15) is 4.79 Å². The Morgan fingerprint density at radius 3 is 3.00 bits per heavy atom. The van der Waals surface area contributed by atoms with Crippen LogP contribution in [0.15, 0.2) is 29.1 Å². The number of H-pyrrole nitrogens is 1. The van der Waals surface area contributed by atoms with Crippen molar-refractivity contribution in [3.05, 3.63) is 34.6 Å². The van der Waals surface area contributed by atoms with Crippen molar-refractivity contribution in [3.8, 4) is 0 Å². The molecule has 5 nitrogen and oxygen atoms in total. The molecule has 22 heavy (non-hydrogen) atoms. The number of hydrogen-bond donors (Lipinski definition) is 1. The third-order valence-electron chi connectivity index (χ3n) is 4.68. The second-order valence-corrected chi connectivity index (χ2v) is 6.25. The first-order chi connectivity index (χ1) is 10.6. The minimum atomic E-state index is -0.0674. The zero-order chi connectivity index (χ0) is 15.5. The van der Waals surface area contributed by atoms with Crippen LogP contribution in [0.3, 0.4) is 0 Å². The molecule has 0 saturated carbocycles. The van der Waals surface area contributed by atoms with Gasteiger partial charge < -0.3 is 9.80 Å². The topological polar surface area (TPSA) is 52.2 Å². The van der Waals surface area contributed by atoms with Crippen LogP contribution in [-0.2, 0) is 0 Å². The molecule has 1 saturated heterocycles. The third kappa shape index (κ3) is 3.14. The summed E-state index contributed by atoms with van der Waals surface area (Å²) in [5, 5.41) is 0.645. The van der Waals surface area contributed by atoms with E-state index in [1.807, 2.05) is 31.3 Å². The summed E-state index contributed by atoms with van der Waals surface area (Å²) < 4.78 is 0. The van der Waals surface area contributed by atoms with Gasteiger partial charge in [-0.05, 0) is 45.0 Å². The van der Waals surface area contributed by atoms with Gasteiger partial charge in [0.1, 0.15) is 0 Å². The predicted molar refractivity (Wildman–Crippen MR) is 90.5 cm³/mol. The van der Waals surface area contributed by atoms with Crippen molar-refractivity contribution in [2.75, 3.05) is 32.1 Å². The highest BCUT2D eigenvalue weighted by Crippen LogP contribution is 2.19. The molecule has 1 unspecified atom stereocenters. The van der Waals surface area contributed by atoms with Gasteiger partial charge in [-0.25, -0.2) is 4.98 Å². The van der Waals surface area contributed by atoms with Crippen LogP contribution in [0.5, 0.6) is 0 Å². The zero-order valence-corrected chi connectivity index (χ0v) is 13.4. The van der Waals surface area contributed by atoms with Gasteiger partial charge in [0.05, 0.1) is 10.9 Å². The molecule has 1 aromatic heterocycles. The minimum Gasteiger partial charge on any atom is -0.345 e. The summed E-state index contributed by atoms with van der Waals surface area (Å²) in [5.41, 5.74) is 0.685. The quantitative estimate of drug-likeness (QED) is 0.941. The van der Waals surface area contributed by atoms with E-state index in [-0.39, 0.29) is 5.56 Å². The number of benzene rings is 1. The van der Waals surface area contributed by atoms with Crippen LogP contribution in [-0.4, -0.2) is 48.1 Å². The van der Waals surface area contributed by atoms with E-state index >= 15 is 0 Å². The molecule has 5 heteroatoms. The van der Waals surface area contributed by atoms with Gasteiger partial charge in [-0.15, -0.1) is 0 Å². The maximum Gasteiger partial charge on any atom is 0.260 e. The number of hydrogen-bond acceptors (Lipinski definition) is 4. The normalized spacial score (nSPS) is 19.5. The molecule has 1 N–H and O–H groups in total. The monoisotopic (exact) mass is 300 g/mol. The smallest absolute Gasteiger partial charge is 0.260 e. The lowest BCUT2D eigenvalue weighted by Gasteiger charge is -2.33. The van der Waals surface area contributed by atoms with Crippen molar-refractivity contribution >= 4 is 16.9 Å². The minimum absolute atomic E-state index is 0.0674. The average Bonchev–Trinajstić information content (AvgIpc) is 2.54. The number of likely N-dealkylation sites (tertiary alicyclic amines) is 1. The Labute approximate surface area is 131 Å². The van der Waals surface area contributed by atoms with Crippen LogP contribution in [0.2, 0.25) is 0 Å². The van der Waals surface area contributed by atoms with Crippen molar-refractivity contribution in [1.82, 2.24) is 14.9 Å².